The molecule has 0 unspecified atom stereocenters. The Hall–Kier alpha value is -2.16. The van der Waals surface area contributed by atoms with E-state index in [9.17, 15) is 19.2 Å². The van der Waals surface area contributed by atoms with Crippen LogP contribution in [0.2, 0.25) is 0 Å². The number of ether oxygens (including phenoxy) is 3. The lowest BCUT2D eigenvalue weighted by Crippen LogP contribution is -2.38. The average molecular weight is 305 g/mol. The molecule has 0 saturated carbocycles. The third-order valence-electron chi connectivity index (χ3n) is 2.26. The van der Waals surface area contributed by atoms with Crippen molar-refractivity contribution in [3.63, 3.8) is 0 Å². The van der Waals surface area contributed by atoms with Gasteiger partial charge in [0.15, 0.2) is 18.3 Å². The summed E-state index contributed by atoms with van der Waals surface area (Å²) in [6.07, 6.45) is -3.96. The van der Waals surface area contributed by atoms with E-state index in [-0.39, 0.29) is 0 Å². The third-order valence-corrected chi connectivity index (χ3v) is 2.26. The lowest BCUT2D eigenvalue weighted by molar-refractivity contribution is -0.181. The van der Waals surface area contributed by atoms with Crippen LogP contribution in [-0.4, -0.2) is 53.3 Å². The number of hydrogen-bond donors (Lipinski definition) is 2. The summed E-state index contributed by atoms with van der Waals surface area (Å²) in [5, 5.41) is 8.58. The van der Waals surface area contributed by atoms with Gasteiger partial charge in [0, 0.05) is 0 Å². The van der Waals surface area contributed by atoms with Crippen LogP contribution in [0.15, 0.2) is 0 Å². The maximum Gasteiger partial charge on any atom is 0.347 e. The predicted molar refractivity (Wildman–Crippen MR) is 67.9 cm³/mol. The number of esters is 3. The van der Waals surface area contributed by atoms with Crippen molar-refractivity contribution < 1.29 is 38.5 Å². The Morgan fingerprint density at radius 1 is 0.762 bits per heavy atom. The van der Waals surface area contributed by atoms with Gasteiger partial charge in [-0.15, -0.1) is 0 Å². The topological polar surface area (TPSA) is 142 Å². The predicted octanol–water partition coefficient (Wildman–Crippen LogP) is -0.787. The Balaban J connectivity index is 4.40. The zero-order chi connectivity index (χ0) is 16.7. The summed E-state index contributed by atoms with van der Waals surface area (Å²) in [5.74, 6) is -4.13. The molecule has 0 aliphatic carbocycles. The molecule has 120 valence electrons. The van der Waals surface area contributed by atoms with Gasteiger partial charge in [-0.1, -0.05) is 0 Å². The number of carbonyl (C=O) groups excluding carboxylic acids is 3. The highest BCUT2D eigenvalue weighted by molar-refractivity contribution is 5.84. The second-order valence-corrected chi connectivity index (χ2v) is 4.36. The second kappa shape index (κ2) is 8.20. The van der Waals surface area contributed by atoms with Crippen molar-refractivity contribution in [2.45, 2.75) is 52.0 Å². The van der Waals surface area contributed by atoms with Crippen LogP contribution in [-0.2, 0) is 33.4 Å². The molecule has 0 fully saturated rings. The minimum Gasteiger partial charge on any atom is -0.479 e. The zero-order valence-electron chi connectivity index (χ0n) is 12.2. The molecule has 0 spiro atoms. The molecule has 9 heteroatoms. The van der Waals surface area contributed by atoms with E-state index in [1.807, 2.05) is 0 Å². The normalized spacial score (nSPS) is 16.0. The standard InChI is InChI=1S/C12H19NO8/c1-5(13)10(16)20-7(3)12(18)21-8(4)11(17)19-6(2)9(14)15/h5-8H,13H2,1-4H3,(H,14,15)/t5-,6-,7-,8-/m0/s1. The molecule has 0 radical (unpaired) electrons. The Kier molecular flexibility index (Phi) is 7.36. The first kappa shape index (κ1) is 18.8. The number of aliphatic carboxylic acids is 1. The summed E-state index contributed by atoms with van der Waals surface area (Å²) < 4.78 is 13.9. The van der Waals surface area contributed by atoms with Crippen LogP contribution in [0.3, 0.4) is 0 Å². The van der Waals surface area contributed by atoms with Crippen LogP contribution in [0.25, 0.3) is 0 Å². The van der Waals surface area contributed by atoms with Gasteiger partial charge in [-0.2, -0.15) is 0 Å². The van der Waals surface area contributed by atoms with E-state index in [0.29, 0.717) is 0 Å². The van der Waals surface area contributed by atoms with Crippen molar-refractivity contribution >= 4 is 23.9 Å². The molecular formula is C12H19NO8. The molecule has 0 aromatic rings. The molecule has 0 amide bonds. The van der Waals surface area contributed by atoms with Crippen molar-refractivity contribution in [3.05, 3.63) is 0 Å². The minimum atomic E-state index is -1.37. The number of hydrogen-bond acceptors (Lipinski definition) is 8. The maximum absolute atomic E-state index is 11.6. The molecule has 0 bridgehead atoms. The van der Waals surface area contributed by atoms with Crippen molar-refractivity contribution in [1.82, 2.24) is 0 Å². The number of rotatable bonds is 7. The van der Waals surface area contributed by atoms with Crippen LogP contribution in [0, 0.1) is 0 Å². The van der Waals surface area contributed by atoms with Gasteiger partial charge in [0.1, 0.15) is 6.04 Å². The average Bonchev–Trinajstić information content (AvgIpc) is 2.37. The Morgan fingerprint density at radius 2 is 1.10 bits per heavy atom. The van der Waals surface area contributed by atoms with Gasteiger partial charge in [-0.05, 0) is 27.7 Å². The number of carbonyl (C=O) groups is 4. The Morgan fingerprint density at radius 3 is 1.43 bits per heavy atom. The van der Waals surface area contributed by atoms with Gasteiger partial charge in [0.25, 0.3) is 0 Å². The summed E-state index contributed by atoms with van der Waals surface area (Å²) in [6.45, 7) is 4.99. The largest absolute Gasteiger partial charge is 0.479 e. The smallest absolute Gasteiger partial charge is 0.347 e. The Bertz CT molecular complexity index is 419. The highest BCUT2D eigenvalue weighted by atomic mass is 16.6. The summed E-state index contributed by atoms with van der Waals surface area (Å²) in [6, 6.07) is -0.904. The summed E-state index contributed by atoms with van der Waals surface area (Å²) in [5.41, 5.74) is 5.26. The zero-order valence-corrected chi connectivity index (χ0v) is 12.2. The second-order valence-electron chi connectivity index (χ2n) is 4.36. The number of carboxylic acids is 1. The fourth-order valence-electron chi connectivity index (χ4n) is 0.968. The van der Waals surface area contributed by atoms with E-state index in [4.69, 9.17) is 15.6 Å². The van der Waals surface area contributed by atoms with Gasteiger partial charge in [-0.3, -0.25) is 4.79 Å². The lowest BCUT2D eigenvalue weighted by atomic mass is 10.3. The Labute approximate surface area is 121 Å². The highest BCUT2D eigenvalue weighted by Gasteiger charge is 2.28. The van der Waals surface area contributed by atoms with Crippen LogP contribution in [0.5, 0.6) is 0 Å². The number of nitrogens with two attached hydrogens (primary N) is 1. The molecule has 9 nitrogen and oxygen atoms in total. The van der Waals surface area contributed by atoms with Gasteiger partial charge in [0.2, 0.25) is 0 Å². The minimum absolute atomic E-state index is 0.797. The van der Waals surface area contributed by atoms with E-state index in [1.165, 1.54) is 20.8 Å². The monoisotopic (exact) mass is 305 g/mol. The molecule has 0 heterocycles. The quantitative estimate of drug-likeness (QED) is 0.457. The van der Waals surface area contributed by atoms with Crippen molar-refractivity contribution in [1.29, 1.82) is 0 Å². The van der Waals surface area contributed by atoms with E-state index in [1.54, 1.807) is 0 Å². The SMILES string of the molecule is C[C@H](N)C(=O)O[C@@H](C)C(=O)O[C@@H](C)C(=O)O[C@@H](C)C(=O)O. The van der Waals surface area contributed by atoms with E-state index >= 15 is 0 Å². The first-order chi connectivity index (χ1) is 9.56. The first-order valence-electron chi connectivity index (χ1n) is 6.16. The van der Waals surface area contributed by atoms with Gasteiger partial charge in [-0.25, -0.2) is 14.4 Å². The van der Waals surface area contributed by atoms with E-state index in [2.05, 4.69) is 9.47 Å². The molecule has 0 saturated heterocycles. The number of carboxylic acid groups (broad SMARTS) is 1. The van der Waals surface area contributed by atoms with E-state index in [0.717, 1.165) is 6.92 Å². The molecule has 0 aromatic heterocycles. The summed E-state index contributed by atoms with van der Waals surface area (Å²) >= 11 is 0. The molecule has 0 aliphatic heterocycles. The van der Waals surface area contributed by atoms with E-state index < -0.39 is 48.2 Å². The molecule has 0 aliphatic rings. The van der Waals surface area contributed by atoms with Crippen LogP contribution in [0.4, 0.5) is 0 Å². The molecule has 0 aromatic carbocycles. The molecule has 3 N–H and O–H groups in total. The van der Waals surface area contributed by atoms with Crippen molar-refractivity contribution in [2.75, 3.05) is 0 Å². The highest BCUT2D eigenvalue weighted by Crippen LogP contribution is 2.04. The molecular weight excluding hydrogens is 286 g/mol. The molecule has 0 rings (SSSR count). The lowest BCUT2D eigenvalue weighted by Gasteiger charge is -2.18. The van der Waals surface area contributed by atoms with Gasteiger partial charge in [0.05, 0.1) is 0 Å². The van der Waals surface area contributed by atoms with Gasteiger partial charge < -0.3 is 25.1 Å². The molecule has 21 heavy (non-hydrogen) atoms. The van der Waals surface area contributed by atoms with Crippen LogP contribution < -0.4 is 5.73 Å². The van der Waals surface area contributed by atoms with Crippen LogP contribution in [0.1, 0.15) is 27.7 Å². The van der Waals surface area contributed by atoms with Gasteiger partial charge >= 0.3 is 23.9 Å². The fraction of sp³-hybridized carbons (Fsp3) is 0.667. The van der Waals surface area contributed by atoms with Crippen LogP contribution >= 0.6 is 0 Å². The van der Waals surface area contributed by atoms with Crippen molar-refractivity contribution in [2.24, 2.45) is 5.73 Å². The van der Waals surface area contributed by atoms with Crippen molar-refractivity contribution in [3.8, 4) is 0 Å². The molecule has 4 atom stereocenters. The summed E-state index contributed by atoms with van der Waals surface area (Å²) in [4.78, 5) is 44.7. The third kappa shape index (κ3) is 6.70. The fourth-order valence-corrected chi connectivity index (χ4v) is 0.968. The first-order valence-corrected chi connectivity index (χ1v) is 6.16. The summed E-state index contributed by atoms with van der Waals surface area (Å²) in [7, 11) is 0. The maximum atomic E-state index is 11.6.